The molecule has 0 radical (unpaired) electrons. The minimum absolute atomic E-state index is 0.231. The number of aliphatic carboxylic acids is 1. The lowest BCUT2D eigenvalue weighted by atomic mass is 9.51. The highest BCUT2D eigenvalue weighted by Gasteiger charge is 2.47. The molecular weight excluding hydrogens is 260 g/mol. The molecule has 2 rings (SSSR count). The van der Waals surface area contributed by atoms with Crippen molar-refractivity contribution < 1.29 is 9.90 Å². The molecule has 2 heteroatoms. The predicted molar refractivity (Wildman–Crippen MR) is 87.1 cm³/mol. The van der Waals surface area contributed by atoms with Crippen molar-refractivity contribution in [2.45, 2.75) is 66.2 Å². The van der Waals surface area contributed by atoms with E-state index in [-0.39, 0.29) is 5.92 Å². The standard InChI is InChI=1S/C19H32O2/c1-12-7-9-16-17(13(2)10-11-19(16,4)5)15(12)8-6-14(3)18(20)21/h13-17H,1,6-11H2,2-5H3,(H,20,21)/t13?,14?,15-,16+,17-/m1/s1. The lowest BCUT2D eigenvalue weighted by Crippen LogP contribution is -2.45. The van der Waals surface area contributed by atoms with Gasteiger partial charge in [0.1, 0.15) is 0 Å². The largest absolute Gasteiger partial charge is 0.481 e. The average molecular weight is 292 g/mol. The molecule has 2 nitrogen and oxygen atoms in total. The second-order valence-electron chi connectivity index (χ2n) is 8.31. The summed E-state index contributed by atoms with van der Waals surface area (Å²) in [4.78, 5) is 11.1. The number of carboxylic acid groups (broad SMARTS) is 1. The van der Waals surface area contributed by atoms with E-state index in [2.05, 4.69) is 27.4 Å². The number of carbonyl (C=O) groups is 1. The van der Waals surface area contributed by atoms with E-state index in [1.165, 1.54) is 24.8 Å². The van der Waals surface area contributed by atoms with E-state index in [1.54, 1.807) is 0 Å². The van der Waals surface area contributed by atoms with Crippen LogP contribution in [-0.2, 0) is 4.79 Å². The highest BCUT2D eigenvalue weighted by atomic mass is 16.4. The minimum Gasteiger partial charge on any atom is -0.481 e. The fourth-order valence-electron chi connectivity index (χ4n) is 4.90. The van der Waals surface area contributed by atoms with E-state index in [0.717, 1.165) is 37.0 Å². The van der Waals surface area contributed by atoms with Gasteiger partial charge < -0.3 is 5.11 Å². The molecule has 0 aromatic rings. The maximum Gasteiger partial charge on any atom is 0.306 e. The first-order chi connectivity index (χ1) is 9.74. The maximum atomic E-state index is 11.1. The van der Waals surface area contributed by atoms with Crippen LogP contribution in [0.2, 0.25) is 0 Å². The summed E-state index contributed by atoms with van der Waals surface area (Å²) < 4.78 is 0. The van der Waals surface area contributed by atoms with E-state index in [0.29, 0.717) is 11.3 Å². The summed E-state index contributed by atoms with van der Waals surface area (Å²) in [6, 6.07) is 0. The van der Waals surface area contributed by atoms with Gasteiger partial charge in [-0.05, 0) is 67.6 Å². The van der Waals surface area contributed by atoms with Crippen molar-refractivity contribution in [3.05, 3.63) is 12.2 Å². The van der Waals surface area contributed by atoms with Crippen molar-refractivity contribution in [2.24, 2.45) is 35.0 Å². The van der Waals surface area contributed by atoms with E-state index in [4.69, 9.17) is 5.11 Å². The Hall–Kier alpha value is -0.790. The smallest absolute Gasteiger partial charge is 0.306 e. The average Bonchev–Trinajstić information content (AvgIpc) is 2.41. The molecule has 2 aliphatic carbocycles. The Morgan fingerprint density at radius 2 is 2.10 bits per heavy atom. The predicted octanol–water partition coefficient (Wildman–Crippen LogP) is 5.14. The monoisotopic (exact) mass is 292 g/mol. The highest BCUT2D eigenvalue weighted by molar-refractivity contribution is 5.69. The van der Waals surface area contributed by atoms with Crippen LogP contribution < -0.4 is 0 Å². The fourth-order valence-corrected chi connectivity index (χ4v) is 4.90. The first-order valence-corrected chi connectivity index (χ1v) is 8.64. The van der Waals surface area contributed by atoms with Crippen LogP contribution in [0.25, 0.3) is 0 Å². The molecule has 2 unspecified atom stereocenters. The molecule has 21 heavy (non-hydrogen) atoms. The fraction of sp³-hybridized carbons (Fsp3) is 0.842. The molecule has 0 amide bonds. The third-order valence-corrected chi connectivity index (χ3v) is 6.47. The van der Waals surface area contributed by atoms with E-state index in [9.17, 15) is 4.79 Å². The van der Waals surface area contributed by atoms with Gasteiger partial charge in [0.2, 0.25) is 0 Å². The van der Waals surface area contributed by atoms with Gasteiger partial charge in [-0.3, -0.25) is 4.79 Å². The number of rotatable bonds is 4. The van der Waals surface area contributed by atoms with Crippen LogP contribution in [0.4, 0.5) is 0 Å². The molecule has 0 aromatic carbocycles. The Labute approximate surface area is 130 Å². The van der Waals surface area contributed by atoms with Crippen LogP contribution in [0.15, 0.2) is 12.2 Å². The molecule has 1 N–H and O–H groups in total. The molecule has 120 valence electrons. The van der Waals surface area contributed by atoms with Crippen LogP contribution in [-0.4, -0.2) is 11.1 Å². The number of allylic oxidation sites excluding steroid dienone is 1. The third-order valence-electron chi connectivity index (χ3n) is 6.47. The summed E-state index contributed by atoms with van der Waals surface area (Å²) in [6.07, 6.45) is 6.87. The van der Waals surface area contributed by atoms with Crippen LogP contribution >= 0.6 is 0 Å². The number of hydrogen-bond donors (Lipinski definition) is 1. The van der Waals surface area contributed by atoms with E-state index in [1.807, 2.05) is 6.92 Å². The zero-order chi connectivity index (χ0) is 15.8. The first kappa shape index (κ1) is 16.6. The molecule has 0 bridgehead atoms. The van der Waals surface area contributed by atoms with Gasteiger partial charge in [0.05, 0.1) is 5.92 Å². The summed E-state index contributed by atoms with van der Waals surface area (Å²) in [5.41, 5.74) is 1.83. The van der Waals surface area contributed by atoms with Crippen molar-refractivity contribution in [2.75, 3.05) is 0 Å². The molecule has 0 aliphatic heterocycles. The Bertz CT molecular complexity index is 410. The van der Waals surface area contributed by atoms with Crippen molar-refractivity contribution in [1.29, 1.82) is 0 Å². The number of fused-ring (bicyclic) bond motifs is 1. The van der Waals surface area contributed by atoms with E-state index >= 15 is 0 Å². The Morgan fingerprint density at radius 3 is 2.71 bits per heavy atom. The van der Waals surface area contributed by atoms with Crippen molar-refractivity contribution in [3.63, 3.8) is 0 Å². The molecule has 0 aromatic heterocycles. The van der Waals surface area contributed by atoms with E-state index < -0.39 is 5.97 Å². The van der Waals surface area contributed by atoms with Gasteiger partial charge in [0, 0.05) is 0 Å². The minimum atomic E-state index is -0.662. The number of hydrogen-bond acceptors (Lipinski definition) is 1. The molecule has 0 saturated heterocycles. The lowest BCUT2D eigenvalue weighted by Gasteiger charge is -2.54. The van der Waals surface area contributed by atoms with Crippen LogP contribution in [0.3, 0.4) is 0 Å². The molecule has 2 fully saturated rings. The number of carboxylic acids is 1. The summed E-state index contributed by atoms with van der Waals surface area (Å²) in [6.45, 7) is 13.4. The summed E-state index contributed by atoms with van der Waals surface area (Å²) in [5.74, 6) is 1.91. The van der Waals surface area contributed by atoms with Gasteiger partial charge in [-0.1, -0.05) is 39.8 Å². The molecule has 0 spiro atoms. The van der Waals surface area contributed by atoms with Gasteiger partial charge in [0.25, 0.3) is 0 Å². The quantitative estimate of drug-likeness (QED) is 0.728. The molecule has 0 heterocycles. The van der Waals surface area contributed by atoms with Gasteiger partial charge >= 0.3 is 5.97 Å². The van der Waals surface area contributed by atoms with Gasteiger partial charge in [-0.15, -0.1) is 0 Å². The second kappa shape index (κ2) is 6.14. The van der Waals surface area contributed by atoms with Crippen molar-refractivity contribution >= 4 is 5.97 Å². The van der Waals surface area contributed by atoms with Gasteiger partial charge in [-0.25, -0.2) is 0 Å². The van der Waals surface area contributed by atoms with Gasteiger partial charge in [-0.2, -0.15) is 0 Å². The normalized spacial score (nSPS) is 36.9. The Kier molecular flexibility index (Phi) is 4.85. The molecule has 5 atom stereocenters. The van der Waals surface area contributed by atoms with Gasteiger partial charge in [0.15, 0.2) is 0 Å². The zero-order valence-electron chi connectivity index (χ0n) is 14.2. The SMILES string of the molecule is C=C1CC[C@H]2[C@H](C(C)CCC2(C)C)[C@@H]1CCC(C)C(=O)O. The molecule has 2 aliphatic rings. The van der Waals surface area contributed by atoms with Crippen molar-refractivity contribution in [1.82, 2.24) is 0 Å². The van der Waals surface area contributed by atoms with Crippen LogP contribution in [0.1, 0.15) is 66.2 Å². The Morgan fingerprint density at radius 1 is 1.43 bits per heavy atom. The molecular formula is C19H32O2. The van der Waals surface area contributed by atoms with Crippen LogP contribution in [0.5, 0.6) is 0 Å². The topological polar surface area (TPSA) is 37.3 Å². The zero-order valence-corrected chi connectivity index (χ0v) is 14.2. The summed E-state index contributed by atoms with van der Waals surface area (Å²) >= 11 is 0. The molecule has 2 saturated carbocycles. The maximum absolute atomic E-state index is 11.1. The first-order valence-electron chi connectivity index (χ1n) is 8.64. The second-order valence-corrected chi connectivity index (χ2v) is 8.31. The van der Waals surface area contributed by atoms with Crippen LogP contribution in [0, 0.1) is 35.0 Å². The highest BCUT2D eigenvalue weighted by Crippen LogP contribution is 2.56. The Balaban J connectivity index is 2.13. The summed E-state index contributed by atoms with van der Waals surface area (Å²) in [7, 11) is 0. The summed E-state index contributed by atoms with van der Waals surface area (Å²) in [5, 5.41) is 9.12. The third kappa shape index (κ3) is 3.35. The van der Waals surface area contributed by atoms with Crippen molar-refractivity contribution in [3.8, 4) is 0 Å². The lowest BCUT2D eigenvalue weighted by molar-refractivity contribution is -0.141.